The van der Waals surface area contributed by atoms with Crippen LogP contribution in [0.15, 0.2) is 47.6 Å². The minimum atomic E-state index is -0.142. The molecule has 6 nitrogen and oxygen atoms in total. The van der Waals surface area contributed by atoms with Gasteiger partial charge in [-0.05, 0) is 23.3 Å². The van der Waals surface area contributed by atoms with Crippen LogP contribution in [0.25, 0.3) is 0 Å². The van der Waals surface area contributed by atoms with Crippen molar-refractivity contribution in [2.24, 2.45) is 5.10 Å². The van der Waals surface area contributed by atoms with Crippen LogP contribution in [0.4, 0.5) is 0 Å². The highest BCUT2D eigenvalue weighted by Gasteiger charge is 2.20. The number of carbonyl (C=O) groups is 1. The van der Waals surface area contributed by atoms with E-state index in [1.165, 1.54) is 11.1 Å². The summed E-state index contributed by atoms with van der Waals surface area (Å²) in [6, 6.07) is 13.6. The van der Waals surface area contributed by atoms with Crippen LogP contribution in [0.1, 0.15) is 16.7 Å². The summed E-state index contributed by atoms with van der Waals surface area (Å²) >= 11 is 0. The van der Waals surface area contributed by atoms with Crippen molar-refractivity contribution in [1.29, 1.82) is 0 Å². The van der Waals surface area contributed by atoms with Crippen molar-refractivity contribution in [3.05, 3.63) is 59.2 Å². The van der Waals surface area contributed by atoms with E-state index in [0.717, 1.165) is 18.7 Å². The lowest BCUT2D eigenvalue weighted by Gasteiger charge is -2.12. The average molecular weight is 339 g/mol. The Morgan fingerprint density at radius 2 is 1.88 bits per heavy atom. The molecular weight excluding hydrogens is 318 g/mol. The number of benzene rings is 2. The number of carbonyl (C=O) groups excluding carboxylic acids is 1. The summed E-state index contributed by atoms with van der Waals surface area (Å²) in [5, 5.41) is 4.02. The maximum Gasteiger partial charge on any atom is 0.254 e. The highest BCUT2D eigenvalue weighted by Crippen LogP contribution is 2.23. The molecule has 0 aromatic heterocycles. The first-order chi connectivity index (χ1) is 12.2. The molecule has 0 spiro atoms. The zero-order valence-corrected chi connectivity index (χ0v) is 14.4. The summed E-state index contributed by atoms with van der Waals surface area (Å²) in [6.45, 7) is 1.89. The van der Waals surface area contributed by atoms with E-state index in [0.29, 0.717) is 18.0 Å². The fourth-order valence-electron chi connectivity index (χ4n) is 2.85. The SMILES string of the molecule is COc1ccc(/C=N\NC(=O)CN2Cc3ccccc3C2)c(OC)c1. The van der Waals surface area contributed by atoms with Gasteiger partial charge in [0.15, 0.2) is 0 Å². The molecule has 130 valence electrons. The topological polar surface area (TPSA) is 63.2 Å². The third-order valence-corrected chi connectivity index (χ3v) is 4.11. The molecule has 3 rings (SSSR count). The molecule has 0 radical (unpaired) electrons. The van der Waals surface area contributed by atoms with Crippen LogP contribution < -0.4 is 14.9 Å². The molecule has 0 bridgehead atoms. The summed E-state index contributed by atoms with van der Waals surface area (Å²) in [5.41, 5.74) is 5.89. The quantitative estimate of drug-likeness (QED) is 0.647. The number of ether oxygens (including phenoxy) is 2. The first-order valence-corrected chi connectivity index (χ1v) is 8.02. The van der Waals surface area contributed by atoms with Crippen LogP contribution in [-0.2, 0) is 17.9 Å². The Morgan fingerprint density at radius 3 is 2.52 bits per heavy atom. The maximum atomic E-state index is 12.1. The zero-order valence-electron chi connectivity index (χ0n) is 14.4. The van der Waals surface area contributed by atoms with Crippen molar-refractivity contribution in [2.45, 2.75) is 13.1 Å². The second-order valence-electron chi connectivity index (χ2n) is 5.81. The molecule has 1 heterocycles. The Kier molecular flexibility index (Phi) is 5.30. The number of amides is 1. The Balaban J connectivity index is 1.54. The number of fused-ring (bicyclic) bond motifs is 1. The van der Waals surface area contributed by atoms with Gasteiger partial charge < -0.3 is 9.47 Å². The van der Waals surface area contributed by atoms with E-state index in [2.05, 4.69) is 27.6 Å². The standard InChI is InChI=1S/C19H21N3O3/c1-24-17-8-7-14(18(9-17)25-2)10-20-21-19(23)13-22-11-15-5-3-4-6-16(15)12-22/h3-10H,11-13H2,1-2H3,(H,21,23)/b20-10-. The normalized spacial score (nSPS) is 13.7. The van der Waals surface area contributed by atoms with E-state index in [4.69, 9.17) is 9.47 Å². The first kappa shape index (κ1) is 17.0. The van der Waals surface area contributed by atoms with Gasteiger partial charge >= 0.3 is 0 Å². The van der Waals surface area contributed by atoms with Crippen LogP contribution in [0, 0.1) is 0 Å². The Labute approximate surface area is 147 Å². The van der Waals surface area contributed by atoms with Crippen LogP contribution >= 0.6 is 0 Å². The van der Waals surface area contributed by atoms with E-state index >= 15 is 0 Å². The molecule has 0 saturated heterocycles. The number of nitrogens with one attached hydrogen (secondary N) is 1. The van der Waals surface area contributed by atoms with Crippen molar-refractivity contribution >= 4 is 12.1 Å². The number of rotatable bonds is 6. The highest BCUT2D eigenvalue weighted by molar-refractivity contribution is 5.86. The minimum Gasteiger partial charge on any atom is -0.497 e. The monoisotopic (exact) mass is 339 g/mol. The number of nitrogens with zero attached hydrogens (tertiary/aromatic N) is 2. The van der Waals surface area contributed by atoms with Crippen molar-refractivity contribution in [1.82, 2.24) is 10.3 Å². The number of hydrogen-bond donors (Lipinski definition) is 1. The lowest BCUT2D eigenvalue weighted by Crippen LogP contribution is -2.32. The van der Waals surface area contributed by atoms with Gasteiger partial charge in [0.05, 0.1) is 27.0 Å². The van der Waals surface area contributed by atoms with Crippen molar-refractivity contribution in [2.75, 3.05) is 20.8 Å². The van der Waals surface area contributed by atoms with E-state index in [9.17, 15) is 4.79 Å². The molecule has 6 heteroatoms. The molecule has 0 aliphatic carbocycles. The van der Waals surface area contributed by atoms with Crippen molar-refractivity contribution in [3.8, 4) is 11.5 Å². The number of hydrazone groups is 1. The van der Waals surface area contributed by atoms with Crippen LogP contribution in [0.2, 0.25) is 0 Å². The summed E-state index contributed by atoms with van der Waals surface area (Å²) in [5.74, 6) is 1.19. The smallest absolute Gasteiger partial charge is 0.254 e. The van der Waals surface area contributed by atoms with E-state index < -0.39 is 0 Å². The van der Waals surface area contributed by atoms with Gasteiger partial charge in [-0.2, -0.15) is 5.10 Å². The predicted molar refractivity (Wildman–Crippen MR) is 95.8 cm³/mol. The van der Waals surface area contributed by atoms with E-state index in [-0.39, 0.29) is 5.91 Å². The summed E-state index contributed by atoms with van der Waals surface area (Å²) in [6.07, 6.45) is 1.56. The lowest BCUT2D eigenvalue weighted by atomic mass is 10.1. The van der Waals surface area contributed by atoms with Gasteiger partial charge in [0.1, 0.15) is 11.5 Å². The largest absolute Gasteiger partial charge is 0.497 e. The molecule has 0 atom stereocenters. The van der Waals surface area contributed by atoms with Crippen LogP contribution in [0.5, 0.6) is 11.5 Å². The summed E-state index contributed by atoms with van der Waals surface area (Å²) in [4.78, 5) is 14.2. The molecule has 0 unspecified atom stereocenters. The molecule has 25 heavy (non-hydrogen) atoms. The second-order valence-corrected chi connectivity index (χ2v) is 5.81. The lowest BCUT2D eigenvalue weighted by molar-refractivity contribution is -0.122. The predicted octanol–water partition coefficient (Wildman–Crippen LogP) is 2.17. The third kappa shape index (κ3) is 4.16. The molecule has 2 aromatic carbocycles. The highest BCUT2D eigenvalue weighted by atomic mass is 16.5. The van der Waals surface area contributed by atoms with Crippen LogP contribution in [0.3, 0.4) is 0 Å². The van der Waals surface area contributed by atoms with E-state index in [1.54, 1.807) is 26.5 Å². The Hall–Kier alpha value is -2.86. The maximum absolute atomic E-state index is 12.1. The first-order valence-electron chi connectivity index (χ1n) is 8.02. The summed E-state index contributed by atoms with van der Waals surface area (Å²) < 4.78 is 10.5. The molecule has 1 amide bonds. The second kappa shape index (κ2) is 7.81. The Bertz CT molecular complexity index is 764. The van der Waals surface area contributed by atoms with Gasteiger partial charge in [-0.25, -0.2) is 5.43 Å². The van der Waals surface area contributed by atoms with Gasteiger partial charge in [-0.15, -0.1) is 0 Å². The van der Waals surface area contributed by atoms with Gasteiger partial charge in [-0.1, -0.05) is 24.3 Å². The summed E-state index contributed by atoms with van der Waals surface area (Å²) in [7, 11) is 3.18. The number of methoxy groups -OCH3 is 2. The fraction of sp³-hybridized carbons (Fsp3) is 0.263. The van der Waals surface area contributed by atoms with Crippen molar-refractivity contribution < 1.29 is 14.3 Å². The fourth-order valence-corrected chi connectivity index (χ4v) is 2.85. The van der Waals surface area contributed by atoms with Crippen molar-refractivity contribution in [3.63, 3.8) is 0 Å². The molecular formula is C19H21N3O3. The van der Waals surface area contributed by atoms with Gasteiger partial charge in [0.2, 0.25) is 0 Å². The molecule has 0 fully saturated rings. The van der Waals surface area contributed by atoms with Gasteiger partial charge in [0.25, 0.3) is 5.91 Å². The van der Waals surface area contributed by atoms with Gasteiger partial charge in [-0.3, -0.25) is 9.69 Å². The minimum absolute atomic E-state index is 0.142. The molecule has 1 aliphatic rings. The Morgan fingerprint density at radius 1 is 1.16 bits per heavy atom. The molecule has 2 aromatic rings. The van der Waals surface area contributed by atoms with Crippen LogP contribution in [-0.4, -0.2) is 37.8 Å². The van der Waals surface area contributed by atoms with Gasteiger partial charge in [0, 0.05) is 24.7 Å². The molecule has 0 saturated carbocycles. The third-order valence-electron chi connectivity index (χ3n) is 4.11. The molecule has 1 N–H and O–H groups in total. The average Bonchev–Trinajstić information content (AvgIpc) is 3.04. The zero-order chi connectivity index (χ0) is 17.6. The van der Waals surface area contributed by atoms with E-state index in [1.807, 2.05) is 24.3 Å². The number of hydrogen-bond acceptors (Lipinski definition) is 5. The molecule has 1 aliphatic heterocycles.